The van der Waals surface area contributed by atoms with E-state index in [-0.39, 0.29) is 5.41 Å². The van der Waals surface area contributed by atoms with Crippen molar-refractivity contribution in [2.45, 2.75) is 33.2 Å². The Labute approximate surface area is 88.2 Å². The third-order valence-corrected chi connectivity index (χ3v) is 3.24. The van der Waals surface area contributed by atoms with E-state index in [4.69, 9.17) is 5.73 Å². The van der Waals surface area contributed by atoms with Gasteiger partial charge in [-0.2, -0.15) is 0 Å². The summed E-state index contributed by atoms with van der Waals surface area (Å²) in [7, 11) is 0. The van der Waals surface area contributed by atoms with Crippen LogP contribution in [0.4, 0.5) is 0 Å². The first-order valence-corrected chi connectivity index (χ1v) is 5.56. The zero-order valence-corrected chi connectivity index (χ0v) is 9.79. The third-order valence-electron chi connectivity index (χ3n) is 3.24. The number of hydrogen-bond acceptors (Lipinski definition) is 2. The summed E-state index contributed by atoms with van der Waals surface area (Å²) in [5.41, 5.74) is 6.21. The second kappa shape index (κ2) is 4.45. The molecule has 0 aromatic carbocycles. The van der Waals surface area contributed by atoms with Crippen LogP contribution in [0, 0.1) is 11.3 Å². The molecule has 0 radical (unpaired) electrons. The standard InChI is InChI=1S/C12H24N2/c1-5-12(3,4)9-14-7-6-11(13)10(2)8-14/h5,10-11H,1,6-9,13H2,2-4H3. The molecule has 1 rings (SSSR count). The van der Waals surface area contributed by atoms with Crippen molar-refractivity contribution < 1.29 is 0 Å². The molecule has 0 aliphatic carbocycles. The van der Waals surface area contributed by atoms with Gasteiger partial charge >= 0.3 is 0 Å². The molecule has 14 heavy (non-hydrogen) atoms. The lowest BCUT2D eigenvalue weighted by Gasteiger charge is -2.38. The Kier molecular flexibility index (Phi) is 3.73. The monoisotopic (exact) mass is 196 g/mol. The summed E-state index contributed by atoms with van der Waals surface area (Å²) in [6.07, 6.45) is 3.18. The summed E-state index contributed by atoms with van der Waals surface area (Å²) in [5.74, 6) is 0.629. The Balaban J connectivity index is 2.44. The predicted octanol–water partition coefficient (Wildman–Crippen LogP) is 1.87. The fourth-order valence-electron chi connectivity index (χ4n) is 2.03. The Hall–Kier alpha value is -0.340. The second-order valence-corrected chi connectivity index (χ2v) is 5.36. The molecule has 0 aromatic heterocycles. The van der Waals surface area contributed by atoms with Gasteiger partial charge in [0, 0.05) is 19.1 Å². The Morgan fingerprint density at radius 3 is 2.71 bits per heavy atom. The number of piperidine rings is 1. The zero-order chi connectivity index (χ0) is 10.8. The molecule has 0 aromatic rings. The molecule has 2 unspecified atom stereocenters. The summed E-state index contributed by atoms with van der Waals surface area (Å²) >= 11 is 0. The van der Waals surface area contributed by atoms with Crippen molar-refractivity contribution in [3.63, 3.8) is 0 Å². The van der Waals surface area contributed by atoms with Crippen LogP contribution in [0.3, 0.4) is 0 Å². The first-order chi connectivity index (χ1) is 6.44. The van der Waals surface area contributed by atoms with E-state index in [1.165, 1.54) is 0 Å². The molecule has 2 heteroatoms. The molecule has 0 bridgehead atoms. The average Bonchev–Trinajstić information content (AvgIpc) is 2.11. The molecule has 1 aliphatic rings. The molecule has 0 saturated carbocycles. The molecule has 1 saturated heterocycles. The van der Waals surface area contributed by atoms with Gasteiger partial charge in [0.05, 0.1) is 0 Å². The van der Waals surface area contributed by atoms with E-state index in [1.807, 2.05) is 6.08 Å². The van der Waals surface area contributed by atoms with E-state index < -0.39 is 0 Å². The van der Waals surface area contributed by atoms with Crippen molar-refractivity contribution in [1.29, 1.82) is 0 Å². The van der Waals surface area contributed by atoms with Gasteiger partial charge in [0.25, 0.3) is 0 Å². The lowest BCUT2D eigenvalue weighted by molar-refractivity contribution is 0.131. The van der Waals surface area contributed by atoms with Gasteiger partial charge in [0.2, 0.25) is 0 Å². The van der Waals surface area contributed by atoms with E-state index in [9.17, 15) is 0 Å². The predicted molar refractivity (Wildman–Crippen MR) is 62.2 cm³/mol. The minimum absolute atomic E-state index is 0.223. The molecular weight excluding hydrogens is 172 g/mol. The van der Waals surface area contributed by atoms with Crippen LogP contribution < -0.4 is 5.73 Å². The number of nitrogens with zero attached hydrogens (tertiary/aromatic N) is 1. The highest BCUT2D eigenvalue weighted by Crippen LogP contribution is 2.22. The van der Waals surface area contributed by atoms with Crippen LogP contribution in [0.2, 0.25) is 0 Å². The maximum absolute atomic E-state index is 5.99. The summed E-state index contributed by atoms with van der Waals surface area (Å²) in [6, 6.07) is 0.401. The van der Waals surface area contributed by atoms with Crippen LogP contribution in [-0.2, 0) is 0 Å². The molecule has 82 valence electrons. The molecule has 0 spiro atoms. The van der Waals surface area contributed by atoms with Crippen molar-refractivity contribution in [2.75, 3.05) is 19.6 Å². The minimum atomic E-state index is 0.223. The van der Waals surface area contributed by atoms with Crippen LogP contribution in [0.1, 0.15) is 27.2 Å². The molecule has 1 fully saturated rings. The number of rotatable bonds is 3. The SMILES string of the molecule is C=CC(C)(C)CN1CCC(N)C(C)C1. The van der Waals surface area contributed by atoms with Crippen molar-refractivity contribution in [1.82, 2.24) is 4.90 Å². The van der Waals surface area contributed by atoms with Crippen LogP contribution in [-0.4, -0.2) is 30.6 Å². The Morgan fingerprint density at radius 1 is 1.57 bits per heavy atom. The van der Waals surface area contributed by atoms with Gasteiger partial charge in [-0.05, 0) is 24.3 Å². The molecule has 1 heterocycles. The minimum Gasteiger partial charge on any atom is -0.327 e. The summed E-state index contributed by atoms with van der Waals surface area (Å²) in [6.45, 7) is 14.0. The van der Waals surface area contributed by atoms with E-state index in [1.54, 1.807) is 0 Å². The van der Waals surface area contributed by atoms with Crippen LogP contribution in [0.15, 0.2) is 12.7 Å². The van der Waals surface area contributed by atoms with Gasteiger partial charge in [-0.3, -0.25) is 0 Å². The van der Waals surface area contributed by atoms with Crippen LogP contribution >= 0.6 is 0 Å². The molecular formula is C12H24N2. The fraction of sp³-hybridized carbons (Fsp3) is 0.833. The van der Waals surface area contributed by atoms with E-state index in [2.05, 4.69) is 32.3 Å². The molecule has 2 N–H and O–H groups in total. The maximum Gasteiger partial charge on any atom is 0.00889 e. The Bertz CT molecular complexity index is 198. The van der Waals surface area contributed by atoms with Crippen LogP contribution in [0.25, 0.3) is 0 Å². The van der Waals surface area contributed by atoms with Crippen molar-refractivity contribution in [3.8, 4) is 0 Å². The van der Waals surface area contributed by atoms with Gasteiger partial charge in [0.15, 0.2) is 0 Å². The van der Waals surface area contributed by atoms with Crippen molar-refractivity contribution in [3.05, 3.63) is 12.7 Å². The number of likely N-dealkylation sites (tertiary alicyclic amines) is 1. The Morgan fingerprint density at radius 2 is 2.21 bits per heavy atom. The maximum atomic E-state index is 5.99. The van der Waals surface area contributed by atoms with Crippen molar-refractivity contribution in [2.24, 2.45) is 17.1 Å². The topological polar surface area (TPSA) is 29.3 Å². The largest absolute Gasteiger partial charge is 0.327 e. The van der Waals surface area contributed by atoms with Crippen molar-refractivity contribution >= 4 is 0 Å². The highest BCUT2D eigenvalue weighted by Gasteiger charge is 2.26. The first kappa shape index (κ1) is 11.7. The first-order valence-electron chi connectivity index (χ1n) is 5.56. The smallest absolute Gasteiger partial charge is 0.00889 e. The lowest BCUT2D eigenvalue weighted by atomic mass is 9.89. The van der Waals surface area contributed by atoms with E-state index in [0.29, 0.717) is 12.0 Å². The molecule has 1 aliphatic heterocycles. The van der Waals surface area contributed by atoms with Gasteiger partial charge in [-0.1, -0.05) is 26.8 Å². The molecule has 2 nitrogen and oxygen atoms in total. The number of hydrogen-bond donors (Lipinski definition) is 1. The average molecular weight is 196 g/mol. The summed E-state index contributed by atoms with van der Waals surface area (Å²) < 4.78 is 0. The lowest BCUT2D eigenvalue weighted by Crippen LogP contribution is -2.48. The molecule has 2 atom stereocenters. The van der Waals surface area contributed by atoms with Gasteiger partial charge in [-0.15, -0.1) is 6.58 Å². The highest BCUT2D eigenvalue weighted by molar-refractivity contribution is 4.92. The van der Waals surface area contributed by atoms with Gasteiger partial charge < -0.3 is 10.6 Å². The third kappa shape index (κ3) is 3.10. The normalized spacial score (nSPS) is 30.3. The van der Waals surface area contributed by atoms with Crippen LogP contribution in [0.5, 0.6) is 0 Å². The quantitative estimate of drug-likeness (QED) is 0.698. The van der Waals surface area contributed by atoms with Gasteiger partial charge in [-0.25, -0.2) is 0 Å². The molecule has 0 amide bonds. The summed E-state index contributed by atoms with van der Waals surface area (Å²) in [4.78, 5) is 2.51. The summed E-state index contributed by atoms with van der Waals surface area (Å²) in [5, 5.41) is 0. The zero-order valence-electron chi connectivity index (χ0n) is 9.79. The van der Waals surface area contributed by atoms with E-state index >= 15 is 0 Å². The second-order valence-electron chi connectivity index (χ2n) is 5.36. The van der Waals surface area contributed by atoms with E-state index in [0.717, 1.165) is 26.1 Å². The highest BCUT2D eigenvalue weighted by atomic mass is 15.1. The van der Waals surface area contributed by atoms with Gasteiger partial charge in [0.1, 0.15) is 0 Å². The fourth-order valence-corrected chi connectivity index (χ4v) is 2.03. The number of nitrogens with two attached hydrogens (primary N) is 1.